The van der Waals surface area contributed by atoms with Gasteiger partial charge in [-0.1, -0.05) is 24.3 Å². The fourth-order valence-corrected chi connectivity index (χ4v) is 2.10. The predicted molar refractivity (Wildman–Crippen MR) is 91.7 cm³/mol. The van der Waals surface area contributed by atoms with Crippen molar-refractivity contribution in [3.63, 3.8) is 0 Å². The van der Waals surface area contributed by atoms with Gasteiger partial charge in [-0.15, -0.1) is 0 Å². The highest BCUT2D eigenvalue weighted by molar-refractivity contribution is 6.00. The van der Waals surface area contributed by atoms with Gasteiger partial charge in [0.15, 0.2) is 5.82 Å². The molecule has 7 heteroatoms. The molecule has 3 aromatic rings. The summed E-state index contributed by atoms with van der Waals surface area (Å²) >= 11 is 0. The number of nitrogens with zero attached hydrogens (tertiary/aromatic N) is 5. The van der Waals surface area contributed by atoms with Crippen molar-refractivity contribution in [2.24, 2.45) is 0 Å². The van der Waals surface area contributed by atoms with Crippen molar-refractivity contribution in [1.82, 2.24) is 19.9 Å². The molecular weight excluding hydrogens is 304 g/mol. The van der Waals surface area contributed by atoms with Crippen molar-refractivity contribution in [3.05, 3.63) is 60.6 Å². The lowest BCUT2D eigenvalue weighted by atomic mass is 10.3. The maximum atomic E-state index is 12.4. The maximum absolute atomic E-state index is 12.4. The normalized spacial score (nSPS) is 10.2. The summed E-state index contributed by atoms with van der Waals surface area (Å²) in [6, 6.07) is 14.4. The van der Waals surface area contributed by atoms with Crippen molar-refractivity contribution in [1.29, 1.82) is 0 Å². The lowest BCUT2D eigenvalue weighted by Gasteiger charge is -2.17. The van der Waals surface area contributed by atoms with E-state index in [9.17, 15) is 4.79 Å². The highest BCUT2D eigenvalue weighted by Crippen LogP contribution is 2.15. The third-order valence-corrected chi connectivity index (χ3v) is 3.31. The van der Waals surface area contributed by atoms with E-state index >= 15 is 0 Å². The van der Waals surface area contributed by atoms with Crippen LogP contribution in [-0.2, 0) is 0 Å². The first-order valence-electron chi connectivity index (χ1n) is 7.37. The van der Waals surface area contributed by atoms with Gasteiger partial charge >= 0.3 is 6.03 Å². The zero-order valence-corrected chi connectivity index (χ0v) is 13.3. The summed E-state index contributed by atoms with van der Waals surface area (Å²) in [6.45, 7) is 1.74. The minimum Gasteiger partial charge on any atom is -0.297 e. The fraction of sp³-hybridized carbons (Fsp3) is 0.118. The van der Waals surface area contributed by atoms with E-state index in [2.05, 4.69) is 25.3 Å². The zero-order chi connectivity index (χ0) is 16.9. The number of carbonyl (C=O) groups is 1. The first-order valence-corrected chi connectivity index (χ1v) is 7.37. The second-order valence-corrected chi connectivity index (χ2v) is 5.07. The lowest BCUT2D eigenvalue weighted by molar-refractivity contribution is 0.258. The number of benzene rings is 1. The van der Waals surface area contributed by atoms with E-state index in [-0.39, 0.29) is 12.0 Å². The number of hydrogen-bond acceptors (Lipinski definition) is 5. The molecule has 1 aromatic carbocycles. The van der Waals surface area contributed by atoms with Gasteiger partial charge in [0, 0.05) is 18.9 Å². The molecule has 2 heterocycles. The summed E-state index contributed by atoms with van der Waals surface area (Å²) in [7, 11) is 1.68. The Morgan fingerprint density at radius 1 is 1.00 bits per heavy atom. The smallest absolute Gasteiger partial charge is 0.297 e. The number of aromatic nitrogens is 4. The largest absolute Gasteiger partial charge is 0.328 e. The summed E-state index contributed by atoms with van der Waals surface area (Å²) in [4.78, 5) is 30.8. The van der Waals surface area contributed by atoms with Crippen LogP contribution in [0.2, 0.25) is 0 Å². The van der Waals surface area contributed by atoms with Crippen LogP contribution >= 0.6 is 0 Å². The van der Waals surface area contributed by atoms with Gasteiger partial charge in [-0.2, -0.15) is 9.97 Å². The maximum Gasteiger partial charge on any atom is 0.328 e. The molecule has 2 amide bonds. The van der Waals surface area contributed by atoms with Crippen LogP contribution in [0.25, 0.3) is 11.5 Å². The Kier molecular flexibility index (Phi) is 4.42. The average Bonchev–Trinajstić information content (AvgIpc) is 2.62. The number of nitrogens with one attached hydrogen (secondary N) is 1. The Labute approximate surface area is 139 Å². The molecule has 2 aromatic heterocycles. The number of anilines is 2. The molecule has 7 nitrogen and oxygen atoms in total. The molecule has 0 bridgehead atoms. The molecule has 0 saturated heterocycles. The standard InChI is InChI=1S/C17H16N6O/c1-12-19-15(14-10-6-7-11-18-14)21-16(20-12)22-17(24)23(2)13-8-4-3-5-9-13/h3-11H,1-2H3,(H,19,20,21,22,24). The van der Waals surface area contributed by atoms with Gasteiger partial charge in [-0.05, 0) is 31.2 Å². The molecule has 24 heavy (non-hydrogen) atoms. The minimum absolute atomic E-state index is 0.191. The van der Waals surface area contributed by atoms with Crippen molar-refractivity contribution in [2.45, 2.75) is 6.92 Å². The second-order valence-electron chi connectivity index (χ2n) is 5.07. The number of para-hydroxylation sites is 1. The minimum atomic E-state index is -0.334. The summed E-state index contributed by atoms with van der Waals surface area (Å²) in [5.41, 5.74) is 1.39. The van der Waals surface area contributed by atoms with Crippen LogP contribution in [0.3, 0.4) is 0 Å². The zero-order valence-electron chi connectivity index (χ0n) is 13.3. The Hall–Kier alpha value is -3.35. The van der Waals surface area contributed by atoms with Crippen LogP contribution in [0, 0.1) is 6.92 Å². The second kappa shape index (κ2) is 6.82. The third-order valence-electron chi connectivity index (χ3n) is 3.31. The van der Waals surface area contributed by atoms with Crippen LogP contribution < -0.4 is 10.2 Å². The number of rotatable bonds is 3. The van der Waals surface area contributed by atoms with Crippen molar-refractivity contribution < 1.29 is 4.79 Å². The van der Waals surface area contributed by atoms with E-state index < -0.39 is 0 Å². The quantitative estimate of drug-likeness (QED) is 0.802. The molecule has 0 aliphatic rings. The molecule has 0 radical (unpaired) electrons. The van der Waals surface area contributed by atoms with Crippen LogP contribution in [0.4, 0.5) is 16.4 Å². The summed E-state index contributed by atoms with van der Waals surface area (Å²) in [5, 5.41) is 2.69. The van der Waals surface area contributed by atoms with Crippen molar-refractivity contribution in [2.75, 3.05) is 17.3 Å². The molecule has 0 fully saturated rings. The van der Waals surface area contributed by atoms with E-state index in [0.29, 0.717) is 17.3 Å². The molecule has 0 saturated carbocycles. The highest BCUT2D eigenvalue weighted by Gasteiger charge is 2.14. The third kappa shape index (κ3) is 3.52. The van der Waals surface area contributed by atoms with Crippen LogP contribution in [0.1, 0.15) is 5.82 Å². The van der Waals surface area contributed by atoms with Gasteiger partial charge in [-0.3, -0.25) is 15.2 Å². The van der Waals surface area contributed by atoms with Gasteiger partial charge in [0.05, 0.1) is 0 Å². The van der Waals surface area contributed by atoms with Crippen LogP contribution in [-0.4, -0.2) is 33.0 Å². The fourth-order valence-electron chi connectivity index (χ4n) is 2.10. The summed E-state index contributed by atoms with van der Waals surface area (Å²) < 4.78 is 0. The van der Waals surface area contributed by atoms with Gasteiger partial charge in [0.25, 0.3) is 0 Å². The molecule has 0 spiro atoms. The van der Waals surface area contributed by atoms with Crippen molar-refractivity contribution in [3.8, 4) is 11.5 Å². The predicted octanol–water partition coefficient (Wildman–Crippen LogP) is 2.91. The topological polar surface area (TPSA) is 83.9 Å². The van der Waals surface area contributed by atoms with Gasteiger partial charge < -0.3 is 0 Å². The number of aryl methyl sites for hydroxylation is 1. The summed E-state index contributed by atoms with van der Waals surface area (Å²) in [5.74, 6) is 1.11. The van der Waals surface area contributed by atoms with Gasteiger partial charge in [0.1, 0.15) is 11.5 Å². The first-order chi connectivity index (χ1) is 11.6. The number of hydrogen-bond donors (Lipinski definition) is 1. The van der Waals surface area contributed by atoms with E-state index in [1.807, 2.05) is 42.5 Å². The number of urea groups is 1. The molecule has 0 aliphatic heterocycles. The van der Waals surface area contributed by atoms with E-state index in [4.69, 9.17) is 0 Å². The summed E-state index contributed by atoms with van der Waals surface area (Å²) in [6.07, 6.45) is 1.66. The monoisotopic (exact) mass is 320 g/mol. The molecule has 120 valence electrons. The van der Waals surface area contributed by atoms with E-state index in [1.54, 1.807) is 26.2 Å². The Morgan fingerprint density at radius 2 is 1.75 bits per heavy atom. The number of amides is 2. The Bertz CT molecular complexity index is 838. The Balaban J connectivity index is 1.83. The van der Waals surface area contributed by atoms with Crippen LogP contribution in [0.15, 0.2) is 54.7 Å². The molecule has 3 rings (SSSR count). The molecule has 0 unspecified atom stereocenters. The van der Waals surface area contributed by atoms with Crippen LogP contribution in [0.5, 0.6) is 0 Å². The van der Waals surface area contributed by atoms with Gasteiger partial charge in [0.2, 0.25) is 5.95 Å². The van der Waals surface area contributed by atoms with Crippen molar-refractivity contribution >= 4 is 17.7 Å². The molecule has 0 atom stereocenters. The highest BCUT2D eigenvalue weighted by atomic mass is 16.2. The molecular formula is C17H16N6O. The Morgan fingerprint density at radius 3 is 2.46 bits per heavy atom. The van der Waals surface area contributed by atoms with E-state index in [1.165, 1.54) is 4.90 Å². The number of pyridine rings is 1. The number of carbonyl (C=O) groups excluding carboxylic acids is 1. The van der Waals surface area contributed by atoms with Gasteiger partial charge in [-0.25, -0.2) is 9.78 Å². The van der Waals surface area contributed by atoms with E-state index in [0.717, 1.165) is 5.69 Å². The average molecular weight is 320 g/mol. The first kappa shape index (κ1) is 15.5. The lowest BCUT2D eigenvalue weighted by Crippen LogP contribution is -2.32. The molecule has 1 N–H and O–H groups in total. The molecule has 0 aliphatic carbocycles. The SMILES string of the molecule is Cc1nc(NC(=O)N(C)c2ccccc2)nc(-c2ccccn2)n1.